The first-order valence-corrected chi connectivity index (χ1v) is 12.2. The standard InChI is InChI=1S/C25H44O.C2H6/c1-23(2,3)16-22(24(4,5)6)26-13-12-25(7,8)21-15-17-14-20(21)19-11-9-10-18(17)19;1-2/h9,11,17-22H,10,12-16H2,1-8H3;1-2H3. The third-order valence-electron chi connectivity index (χ3n) is 7.84. The van der Waals surface area contributed by atoms with Crippen molar-refractivity contribution in [3.63, 3.8) is 0 Å². The van der Waals surface area contributed by atoms with Gasteiger partial charge in [-0.05, 0) is 77.9 Å². The topological polar surface area (TPSA) is 9.23 Å². The number of hydrogen-bond donors (Lipinski definition) is 0. The number of fused-ring (bicyclic) bond motifs is 5. The van der Waals surface area contributed by atoms with Gasteiger partial charge in [0.1, 0.15) is 0 Å². The van der Waals surface area contributed by atoms with Crippen LogP contribution < -0.4 is 0 Å². The predicted octanol–water partition coefficient (Wildman–Crippen LogP) is 8.14. The van der Waals surface area contributed by atoms with Gasteiger partial charge >= 0.3 is 0 Å². The summed E-state index contributed by atoms with van der Waals surface area (Å²) in [5.41, 5.74) is 0.943. The van der Waals surface area contributed by atoms with Gasteiger partial charge in [0.05, 0.1) is 6.10 Å². The number of allylic oxidation sites excluding steroid dienone is 2. The lowest BCUT2D eigenvalue weighted by atomic mass is 9.64. The molecule has 0 aromatic rings. The van der Waals surface area contributed by atoms with E-state index in [4.69, 9.17) is 4.74 Å². The number of ether oxygens (including phenoxy) is 1. The van der Waals surface area contributed by atoms with E-state index in [-0.39, 0.29) is 5.41 Å². The Balaban J connectivity index is 0.00000136. The highest BCUT2D eigenvalue weighted by atomic mass is 16.5. The third kappa shape index (κ3) is 5.44. The molecule has 164 valence electrons. The molecule has 0 N–H and O–H groups in total. The van der Waals surface area contributed by atoms with Crippen molar-refractivity contribution < 1.29 is 4.74 Å². The molecule has 28 heavy (non-hydrogen) atoms. The van der Waals surface area contributed by atoms with Gasteiger partial charge in [0, 0.05) is 6.61 Å². The Kier molecular flexibility index (Phi) is 7.56. The zero-order valence-corrected chi connectivity index (χ0v) is 20.8. The van der Waals surface area contributed by atoms with Gasteiger partial charge in [-0.1, -0.05) is 81.4 Å². The minimum atomic E-state index is 0.214. The van der Waals surface area contributed by atoms with Gasteiger partial charge < -0.3 is 4.74 Å². The van der Waals surface area contributed by atoms with Crippen LogP contribution in [0.5, 0.6) is 0 Å². The molecule has 6 atom stereocenters. The normalized spacial score (nSPS) is 32.9. The maximum atomic E-state index is 6.53. The van der Waals surface area contributed by atoms with E-state index < -0.39 is 0 Å². The van der Waals surface area contributed by atoms with E-state index in [1.165, 1.54) is 25.7 Å². The van der Waals surface area contributed by atoms with Crippen LogP contribution in [0.1, 0.15) is 101 Å². The summed E-state index contributed by atoms with van der Waals surface area (Å²) >= 11 is 0. The van der Waals surface area contributed by atoms with Gasteiger partial charge in [-0.15, -0.1) is 0 Å². The molecule has 6 unspecified atom stereocenters. The highest BCUT2D eigenvalue weighted by Gasteiger charge is 2.55. The van der Waals surface area contributed by atoms with E-state index in [0.717, 1.165) is 42.6 Å². The molecule has 0 radical (unpaired) electrons. The van der Waals surface area contributed by atoms with E-state index in [9.17, 15) is 0 Å². The number of hydrogen-bond acceptors (Lipinski definition) is 1. The molecule has 1 nitrogen and oxygen atoms in total. The molecule has 2 fully saturated rings. The van der Waals surface area contributed by atoms with Crippen LogP contribution in [0.4, 0.5) is 0 Å². The van der Waals surface area contributed by atoms with Crippen LogP contribution in [-0.4, -0.2) is 12.7 Å². The van der Waals surface area contributed by atoms with Crippen LogP contribution in [0.25, 0.3) is 0 Å². The largest absolute Gasteiger partial charge is 0.378 e. The Hall–Kier alpha value is -0.300. The molecule has 3 rings (SSSR count). The summed E-state index contributed by atoms with van der Waals surface area (Å²) < 4.78 is 6.53. The van der Waals surface area contributed by atoms with Crippen molar-refractivity contribution in [2.24, 2.45) is 45.8 Å². The lowest BCUT2D eigenvalue weighted by Gasteiger charge is -2.42. The van der Waals surface area contributed by atoms with Crippen LogP contribution in [0.15, 0.2) is 12.2 Å². The van der Waals surface area contributed by atoms with Gasteiger partial charge in [-0.3, -0.25) is 0 Å². The minimum absolute atomic E-state index is 0.214. The van der Waals surface area contributed by atoms with E-state index in [1.807, 2.05) is 13.8 Å². The first-order valence-electron chi connectivity index (χ1n) is 12.2. The van der Waals surface area contributed by atoms with Crippen molar-refractivity contribution in [2.75, 3.05) is 6.61 Å². The second-order valence-electron chi connectivity index (χ2n) is 12.6. The van der Waals surface area contributed by atoms with Crippen molar-refractivity contribution >= 4 is 0 Å². The average molecular weight is 391 g/mol. The molecule has 0 aromatic carbocycles. The molecule has 0 aromatic heterocycles. The molecule has 2 bridgehead atoms. The van der Waals surface area contributed by atoms with Crippen molar-refractivity contribution in [1.82, 2.24) is 0 Å². The molecule has 0 heterocycles. The van der Waals surface area contributed by atoms with E-state index >= 15 is 0 Å². The summed E-state index contributed by atoms with van der Waals surface area (Å²) in [7, 11) is 0. The molecule has 3 aliphatic carbocycles. The predicted molar refractivity (Wildman–Crippen MR) is 123 cm³/mol. The molecule has 2 saturated carbocycles. The maximum Gasteiger partial charge on any atom is 0.0628 e. The zero-order valence-electron chi connectivity index (χ0n) is 20.8. The highest BCUT2D eigenvalue weighted by Crippen LogP contribution is 2.63. The Morgan fingerprint density at radius 1 is 0.929 bits per heavy atom. The van der Waals surface area contributed by atoms with Crippen LogP contribution >= 0.6 is 0 Å². The molecule has 0 saturated heterocycles. The van der Waals surface area contributed by atoms with Crippen molar-refractivity contribution in [3.05, 3.63) is 12.2 Å². The lowest BCUT2D eigenvalue weighted by molar-refractivity contribution is -0.0559. The van der Waals surface area contributed by atoms with Crippen LogP contribution in [0.3, 0.4) is 0 Å². The smallest absolute Gasteiger partial charge is 0.0628 e. The second kappa shape index (κ2) is 8.83. The summed E-state index contributed by atoms with van der Waals surface area (Å²) in [6.45, 7) is 23.9. The van der Waals surface area contributed by atoms with Crippen molar-refractivity contribution in [1.29, 1.82) is 0 Å². The Labute approximate surface area is 177 Å². The zero-order chi connectivity index (χ0) is 21.3. The minimum Gasteiger partial charge on any atom is -0.378 e. The molecular weight excluding hydrogens is 340 g/mol. The quantitative estimate of drug-likeness (QED) is 0.416. The van der Waals surface area contributed by atoms with Crippen molar-refractivity contribution in [2.45, 2.75) is 107 Å². The summed E-state index contributed by atoms with van der Waals surface area (Å²) in [5, 5.41) is 0. The van der Waals surface area contributed by atoms with Gasteiger partial charge in [-0.2, -0.15) is 0 Å². The fraction of sp³-hybridized carbons (Fsp3) is 0.926. The molecule has 3 aliphatic rings. The van der Waals surface area contributed by atoms with Crippen LogP contribution in [0, 0.1) is 45.8 Å². The fourth-order valence-electron chi connectivity index (χ4n) is 6.27. The third-order valence-corrected chi connectivity index (χ3v) is 7.84. The molecule has 0 amide bonds. The number of rotatable bonds is 6. The summed E-state index contributed by atoms with van der Waals surface area (Å²) in [6, 6.07) is 0. The Morgan fingerprint density at radius 2 is 1.57 bits per heavy atom. The van der Waals surface area contributed by atoms with E-state index in [0.29, 0.717) is 16.9 Å². The highest BCUT2D eigenvalue weighted by molar-refractivity contribution is 5.15. The average Bonchev–Trinajstić information content (AvgIpc) is 3.26. The molecule has 1 heteroatoms. The van der Waals surface area contributed by atoms with Gasteiger partial charge in [-0.25, -0.2) is 0 Å². The lowest BCUT2D eigenvalue weighted by Crippen LogP contribution is -2.37. The summed E-state index contributed by atoms with van der Waals surface area (Å²) in [6.07, 6.45) is 12.1. The first-order chi connectivity index (χ1) is 12.9. The van der Waals surface area contributed by atoms with E-state index in [2.05, 4.69) is 67.5 Å². The monoisotopic (exact) mass is 390 g/mol. The SMILES string of the molecule is CC.CC(C)(C)CC(OCCC(C)(C)C1CC2CC1C1C=CCC21)C(C)(C)C. The molecular formula is C27H50O. The first kappa shape index (κ1) is 24.0. The molecule has 0 aliphatic heterocycles. The summed E-state index contributed by atoms with van der Waals surface area (Å²) in [4.78, 5) is 0. The fourth-order valence-corrected chi connectivity index (χ4v) is 6.27. The second-order valence-corrected chi connectivity index (χ2v) is 12.6. The van der Waals surface area contributed by atoms with Crippen molar-refractivity contribution in [3.8, 4) is 0 Å². The van der Waals surface area contributed by atoms with Crippen LogP contribution in [0.2, 0.25) is 0 Å². The van der Waals surface area contributed by atoms with E-state index in [1.54, 1.807) is 0 Å². The van der Waals surface area contributed by atoms with Gasteiger partial charge in [0.2, 0.25) is 0 Å². The van der Waals surface area contributed by atoms with Gasteiger partial charge in [0.25, 0.3) is 0 Å². The van der Waals surface area contributed by atoms with Crippen LogP contribution in [-0.2, 0) is 4.74 Å². The summed E-state index contributed by atoms with van der Waals surface area (Å²) in [5.74, 6) is 4.76. The Morgan fingerprint density at radius 3 is 2.14 bits per heavy atom. The Bertz CT molecular complexity index is 515. The maximum absolute atomic E-state index is 6.53. The molecule has 0 spiro atoms. The van der Waals surface area contributed by atoms with Gasteiger partial charge in [0.15, 0.2) is 0 Å².